The fourth-order valence-electron chi connectivity index (χ4n) is 4.94. The third-order valence-electron chi connectivity index (χ3n) is 7.29. The lowest BCUT2D eigenvalue weighted by atomic mass is 9.92. The van der Waals surface area contributed by atoms with E-state index in [-0.39, 0.29) is 17.8 Å². The molecule has 6 nitrogen and oxygen atoms in total. The molecule has 2 aromatic heterocycles. The van der Waals surface area contributed by atoms with Crippen molar-refractivity contribution in [2.24, 2.45) is 0 Å². The largest absolute Gasteiger partial charge is 0.465 e. The fraction of sp³-hybridized carbons (Fsp3) is 0.656. The highest BCUT2D eigenvalue weighted by molar-refractivity contribution is 6.34. The van der Waals surface area contributed by atoms with Gasteiger partial charge in [-0.2, -0.15) is 4.63 Å². The molecule has 0 radical (unpaired) electrons. The fourth-order valence-corrected chi connectivity index (χ4v) is 5.39. The maximum Gasteiger partial charge on any atom is 0.310 e. The lowest BCUT2D eigenvalue weighted by Crippen LogP contribution is -2.13. The number of rotatable bonds is 18. The standard InChI is InChI=1S/C32H49ClN4O2/c1-5-6-7-8-9-10-11-12-13-14-15-16-17-18-22-39-27(38)24-25-20-19-21-26(23-25)30-34-31-28(33)29(32(2,3)4)35-37(31)36-30/h19-21,23,35H,5-18,22,24H2,1-4H3. The number of benzene rings is 1. The molecule has 7 heteroatoms. The summed E-state index contributed by atoms with van der Waals surface area (Å²) in [6.07, 6.45) is 18.7. The first-order valence-corrected chi connectivity index (χ1v) is 15.6. The Hall–Kier alpha value is -2.34. The quantitative estimate of drug-likeness (QED) is 0.125. The number of fused-ring (bicyclic) bond motifs is 1. The Morgan fingerprint density at radius 1 is 0.923 bits per heavy atom. The molecule has 1 aromatic carbocycles. The molecule has 0 aliphatic heterocycles. The van der Waals surface area contributed by atoms with Crippen LogP contribution in [0.5, 0.6) is 0 Å². The summed E-state index contributed by atoms with van der Waals surface area (Å²) in [7, 11) is 0. The van der Waals surface area contributed by atoms with Crippen molar-refractivity contribution in [2.75, 3.05) is 6.61 Å². The van der Waals surface area contributed by atoms with Crippen molar-refractivity contribution in [1.29, 1.82) is 0 Å². The van der Waals surface area contributed by atoms with Gasteiger partial charge >= 0.3 is 5.97 Å². The van der Waals surface area contributed by atoms with Crippen LogP contribution in [0.25, 0.3) is 17.0 Å². The summed E-state index contributed by atoms with van der Waals surface area (Å²) >= 11 is 6.56. The maximum absolute atomic E-state index is 12.4. The van der Waals surface area contributed by atoms with Gasteiger partial charge in [0.15, 0.2) is 11.5 Å². The van der Waals surface area contributed by atoms with E-state index >= 15 is 0 Å². The van der Waals surface area contributed by atoms with Crippen LogP contribution in [0.3, 0.4) is 0 Å². The van der Waals surface area contributed by atoms with E-state index < -0.39 is 0 Å². The second-order valence-electron chi connectivity index (χ2n) is 11.9. The Kier molecular flexibility index (Phi) is 12.8. The summed E-state index contributed by atoms with van der Waals surface area (Å²) in [5.74, 6) is 0.380. The number of nitrogens with one attached hydrogen (secondary N) is 1. The molecule has 0 bridgehead atoms. The van der Waals surface area contributed by atoms with Crippen LogP contribution < -0.4 is 0 Å². The van der Waals surface area contributed by atoms with Crippen molar-refractivity contribution in [3.8, 4) is 11.4 Å². The minimum Gasteiger partial charge on any atom is -0.465 e. The van der Waals surface area contributed by atoms with Gasteiger partial charge in [-0.15, -0.1) is 5.10 Å². The number of hydrogen-bond acceptors (Lipinski definition) is 4. The van der Waals surface area contributed by atoms with Crippen LogP contribution in [0.1, 0.15) is 129 Å². The van der Waals surface area contributed by atoms with Crippen LogP contribution in [0, 0.1) is 0 Å². The Morgan fingerprint density at radius 3 is 2.08 bits per heavy atom. The SMILES string of the molecule is CCCCCCCCCCCCCCCCOC(=O)Cc1cccc(-c2nc3c(Cl)c(C(C)(C)C)[nH]n3n2)c1. The number of aromatic nitrogens is 4. The summed E-state index contributed by atoms with van der Waals surface area (Å²) in [6.45, 7) is 9.04. The Balaban J connectivity index is 1.29. The maximum atomic E-state index is 12.4. The van der Waals surface area contributed by atoms with Crippen LogP contribution in [-0.2, 0) is 21.4 Å². The van der Waals surface area contributed by atoms with Gasteiger partial charge in [-0.05, 0) is 18.1 Å². The lowest BCUT2D eigenvalue weighted by Gasteiger charge is -2.16. The number of esters is 1. The van der Waals surface area contributed by atoms with Gasteiger partial charge in [0, 0.05) is 11.0 Å². The van der Waals surface area contributed by atoms with E-state index in [0.717, 1.165) is 29.7 Å². The highest BCUT2D eigenvalue weighted by Crippen LogP contribution is 2.32. The van der Waals surface area contributed by atoms with Gasteiger partial charge < -0.3 is 4.74 Å². The van der Waals surface area contributed by atoms with E-state index in [1.807, 2.05) is 24.3 Å². The number of halogens is 1. The second-order valence-corrected chi connectivity index (χ2v) is 12.3. The molecule has 1 N–H and O–H groups in total. The zero-order valence-corrected chi connectivity index (χ0v) is 25.4. The predicted octanol–water partition coefficient (Wildman–Crippen LogP) is 9.24. The van der Waals surface area contributed by atoms with E-state index in [1.54, 1.807) is 4.63 Å². The lowest BCUT2D eigenvalue weighted by molar-refractivity contribution is -0.142. The summed E-state index contributed by atoms with van der Waals surface area (Å²) in [4.78, 5) is 17.0. The second kappa shape index (κ2) is 16.1. The molecule has 0 aliphatic carbocycles. The Labute approximate surface area is 240 Å². The number of hydrogen-bond donors (Lipinski definition) is 1. The van der Waals surface area contributed by atoms with Gasteiger partial charge in [-0.3, -0.25) is 9.89 Å². The summed E-state index contributed by atoms with van der Waals surface area (Å²) in [5.41, 5.74) is 3.11. The molecule has 0 amide bonds. The van der Waals surface area contributed by atoms with Gasteiger partial charge in [0.25, 0.3) is 0 Å². The Bertz CT molecular complexity index is 1140. The molecular formula is C32H49ClN4O2. The summed E-state index contributed by atoms with van der Waals surface area (Å²) < 4.78 is 7.12. The van der Waals surface area contributed by atoms with Gasteiger partial charge in [-0.1, -0.05) is 141 Å². The zero-order valence-electron chi connectivity index (χ0n) is 24.7. The highest BCUT2D eigenvalue weighted by Gasteiger charge is 2.24. The van der Waals surface area contributed by atoms with E-state index in [2.05, 4.69) is 42.9 Å². The minimum absolute atomic E-state index is 0.132. The molecule has 3 rings (SSSR count). The monoisotopic (exact) mass is 556 g/mol. The number of carbonyl (C=O) groups is 1. The molecular weight excluding hydrogens is 508 g/mol. The molecule has 39 heavy (non-hydrogen) atoms. The van der Waals surface area contributed by atoms with E-state index in [4.69, 9.17) is 16.3 Å². The molecule has 216 valence electrons. The van der Waals surface area contributed by atoms with E-state index in [1.165, 1.54) is 77.0 Å². The van der Waals surface area contributed by atoms with Gasteiger partial charge in [0.05, 0.1) is 18.7 Å². The van der Waals surface area contributed by atoms with Crippen molar-refractivity contribution in [3.05, 3.63) is 40.5 Å². The van der Waals surface area contributed by atoms with Crippen molar-refractivity contribution in [1.82, 2.24) is 19.8 Å². The average molecular weight is 557 g/mol. The molecule has 0 spiro atoms. The van der Waals surface area contributed by atoms with Crippen LogP contribution in [0.4, 0.5) is 0 Å². The minimum atomic E-state index is -0.190. The molecule has 0 saturated heterocycles. The van der Waals surface area contributed by atoms with Crippen molar-refractivity contribution in [2.45, 2.75) is 129 Å². The van der Waals surface area contributed by atoms with E-state index in [0.29, 0.717) is 23.1 Å². The first kappa shape index (κ1) is 31.2. The Morgan fingerprint density at radius 2 is 1.51 bits per heavy atom. The average Bonchev–Trinajstić information content (AvgIpc) is 3.46. The molecule has 0 fully saturated rings. The molecule has 0 saturated carbocycles. The highest BCUT2D eigenvalue weighted by atomic mass is 35.5. The van der Waals surface area contributed by atoms with Crippen molar-refractivity contribution >= 4 is 23.2 Å². The van der Waals surface area contributed by atoms with Gasteiger partial charge in [0.1, 0.15) is 5.02 Å². The summed E-state index contributed by atoms with van der Waals surface area (Å²) in [5, 5.41) is 8.40. The summed E-state index contributed by atoms with van der Waals surface area (Å²) in [6, 6.07) is 7.74. The number of carbonyl (C=O) groups excluding carboxylic acids is 1. The number of H-pyrrole nitrogens is 1. The first-order valence-electron chi connectivity index (χ1n) is 15.2. The smallest absolute Gasteiger partial charge is 0.310 e. The third kappa shape index (κ3) is 10.3. The van der Waals surface area contributed by atoms with Gasteiger partial charge in [0.2, 0.25) is 0 Å². The van der Waals surface area contributed by atoms with Crippen molar-refractivity contribution in [3.63, 3.8) is 0 Å². The van der Waals surface area contributed by atoms with E-state index in [9.17, 15) is 4.79 Å². The third-order valence-corrected chi connectivity index (χ3v) is 7.64. The number of nitrogens with zero attached hydrogens (tertiary/aromatic N) is 3. The number of unbranched alkanes of at least 4 members (excludes halogenated alkanes) is 13. The zero-order chi connectivity index (χ0) is 28.1. The number of aromatic amines is 1. The van der Waals surface area contributed by atoms with Crippen LogP contribution >= 0.6 is 11.6 Å². The molecule has 0 aliphatic rings. The molecule has 0 unspecified atom stereocenters. The normalized spacial score (nSPS) is 11.9. The van der Waals surface area contributed by atoms with Crippen LogP contribution in [0.15, 0.2) is 24.3 Å². The van der Waals surface area contributed by atoms with Crippen molar-refractivity contribution < 1.29 is 9.53 Å². The van der Waals surface area contributed by atoms with Crippen LogP contribution in [-0.4, -0.2) is 32.4 Å². The van der Waals surface area contributed by atoms with Gasteiger partial charge in [-0.25, -0.2) is 4.98 Å². The topological polar surface area (TPSA) is 72.3 Å². The molecule has 3 aromatic rings. The predicted molar refractivity (Wildman–Crippen MR) is 161 cm³/mol. The molecule has 2 heterocycles. The van der Waals surface area contributed by atoms with Crippen LogP contribution in [0.2, 0.25) is 5.02 Å². The number of ether oxygens (including phenoxy) is 1. The first-order chi connectivity index (χ1) is 18.8. The molecule has 0 atom stereocenters.